The monoisotopic (exact) mass is 424 g/mol. The van der Waals surface area contributed by atoms with Gasteiger partial charge in [-0.3, -0.25) is 4.79 Å². The molecule has 0 spiro atoms. The van der Waals surface area contributed by atoms with Crippen LogP contribution >= 0.6 is 12.4 Å². The molecule has 1 saturated carbocycles. The van der Waals surface area contributed by atoms with Crippen molar-refractivity contribution in [1.82, 2.24) is 9.29 Å². The van der Waals surface area contributed by atoms with Crippen LogP contribution in [0.15, 0.2) is 47.5 Å². The molecule has 0 bridgehead atoms. The average Bonchev–Trinajstić information content (AvgIpc) is 2.70. The van der Waals surface area contributed by atoms with Crippen LogP contribution in [0.3, 0.4) is 0 Å². The molecule has 1 heterocycles. The van der Waals surface area contributed by atoms with Crippen molar-refractivity contribution in [3.8, 4) is 0 Å². The Labute approximate surface area is 171 Å². The first-order valence-electron chi connectivity index (χ1n) is 8.99. The van der Waals surface area contributed by atoms with E-state index in [2.05, 4.69) is 10.3 Å². The van der Waals surface area contributed by atoms with Gasteiger partial charge in [-0.05, 0) is 43.2 Å². The molecule has 2 aromatic rings. The van der Waals surface area contributed by atoms with Crippen LogP contribution in [0.1, 0.15) is 42.5 Å². The summed E-state index contributed by atoms with van der Waals surface area (Å²) in [6.07, 6.45) is 6.44. The number of anilines is 2. The summed E-state index contributed by atoms with van der Waals surface area (Å²) in [6.45, 7) is 0. The molecule has 1 aliphatic rings. The van der Waals surface area contributed by atoms with Crippen LogP contribution in [0, 0.1) is 0 Å². The fraction of sp³-hybridized carbons (Fsp3) is 0.368. The average molecular weight is 425 g/mol. The summed E-state index contributed by atoms with van der Waals surface area (Å²) in [5.41, 5.74) is 6.29. The van der Waals surface area contributed by atoms with E-state index in [-0.39, 0.29) is 28.9 Å². The van der Waals surface area contributed by atoms with Crippen molar-refractivity contribution in [1.29, 1.82) is 0 Å². The van der Waals surface area contributed by atoms with E-state index in [0.717, 1.165) is 32.1 Å². The van der Waals surface area contributed by atoms with Gasteiger partial charge in [0.1, 0.15) is 5.82 Å². The van der Waals surface area contributed by atoms with Crippen LogP contribution in [-0.4, -0.2) is 36.7 Å². The minimum absolute atomic E-state index is 0. The molecule has 7 nitrogen and oxygen atoms in total. The largest absolute Gasteiger partial charge is 0.384 e. The lowest BCUT2D eigenvalue weighted by atomic mass is 9.96. The van der Waals surface area contributed by atoms with Crippen molar-refractivity contribution in [2.24, 2.45) is 0 Å². The van der Waals surface area contributed by atoms with Gasteiger partial charge >= 0.3 is 0 Å². The molecule has 1 fully saturated rings. The van der Waals surface area contributed by atoms with Crippen molar-refractivity contribution >= 4 is 39.8 Å². The van der Waals surface area contributed by atoms with Crippen LogP contribution in [0.5, 0.6) is 0 Å². The maximum absolute atomic E-state index is 13.0. The molecule has 28 heavy (non-hydrogen) atoms. The predicted molar refractivity (Wildman–Crippen MR) is 112 cm³/mol. The van der Waals surface area contributed by atoms with E-state index >= 15 is 0 Å². The van der Waals surface area contributed by atoms with Crippen LogP contribution in [0.4, 0.5) is 11.5 Å². The Bertz CT molecular complexity index is 913. The molecule has 0 aliphatic heterocycles. The number of carbonyl (C=O) groups is 1. The van der Waals surface area contributed by atoms with E-state index in [0.29, 0.717) is 11.5 Å². The number of nitrogens with one attached hydrogen (secondary N) is 1. The van der Waals surface area contributed by atoms with E-state index in [4.69, 9.17) is 5.73 Å². The van der Waals surface area contributed by atoms with Crippen molar-refractivity contribution in [3.63, 3.8) is 0 Å². The third-order valence-electron chi connectivity index (χ3n) is 4.91. The van der Waals surface area contributed by atoms with Crippen LogP contribution in [0.2, 0.25) is 0 Å². The molecule has 3 rings (SSSR count). The Kier molecular flexibility index (Phi) is 7.40. The van der Waals surface area contributed by atoms with Crippen molar-refractivity contribution in [2.75, 3.05) is 18.1 Å². The third-order valence-corrected chi connectivity index (χ3v) is 6.81. The number of halogens is 1. The molecule has 1 aliphatic carbocycles. The normalized spacial score (nSPS) is 15.1. The highest BCUT2D eigenvalue weighted by atomic mass is 35.5. The smallest absolute Gasteiger partial charge is 0.255 e. The van der Waals surface area contributed by atoms with Gasteiger partial charge in [0.25, 0.3) is 5.91 Å². The van der Waals surface area contributed by atoms with Crippen molar-refractivity contribution in [2.45, 2.75) is 43.0 Å². The van der Waals surface area contributed by atoms with E-state index in [1.807, 2.05) is 0 Å². The number of hydrogen-bond acceptors (Lipinski definition) is 5. The number of aromatic nitrogens is 1. The second kappa shape index (κ2) is 9.36. The molecule has 0 radical (unpaired) electrons. The van der Waals surface area contributed by atoms with Gasteiger partial charge in [0.15, 0.2) is 0 Å². The van der Waals surface area contributed by atoms with E-state index in [9.17, 15) is 13.2 Å². The van der Waals surface area contributed by atoms with E-state index < -0.39 is 15.9 Å². The number of benzene rings is 1. The summed E-state index contributed by atoms with van der Waals surface area (Å²) in [7, 11) is -2.03. The zero-order valence-corrected chi connectivity index (χ0v) is 17.3. The number of rotatable bonds is 5. The molecule has 1 aromatic heterocycles. The summed E-state index contributed by atoms with van der Waals surface area (Å²) in [6, 6.07) is 9.33. The fourth-order valence-electron chi connectivity index (χ4n) is 3.29. The highest BCUT2D eigenvalue weighted by Gasteiger charge is 2.29. The summed E-state index contributed by atoms with van der Waals surface area (Å²) in [5, 5.41) is 2.69. The Hall–Kier alpha value is -2.16. The second-order valence-corrected chi connectivity index (χ2v) is 8.76. The maximum Gasteiger partial charge on any atom is 0.255 e. The Morgan fingerprint density at radius 1 is 1.18 bits per heavy atom. The number of carbonyl (C=O) groups excluding carboxylic acids is 1. The number of nitrogens with two attached hydrogens (primary N) is 1. The van der Waals surface area contributed by atoms with E-state index in [1.54, 1.807) is 31.3 Å². The first kappa shape index (κ1) is 22.1. The molecule has 152 valence electrons. The Morgan fingerprint density at radius 2 is 1.89 bits per heavy atom. The molecule has 0 atom stereocenters. The number of nitrogen functional groups attached to an aromatic ring is 1. The summed E-state index contributed by atoms with van der Waals surface area (Å²) in [5.74, 6) is -0.0502. The molecule has 9 heteroatoms. The standard InChI is InChI=1S/C19H24N4O3S.ClH/c1-23(16-7-3-2-4-8-16)27(25,26)17-9-5-6-14(12-17)19(24)22-15-10-11-18(20)21-13-15;/h5-6,9-13,16H,2-4,7-8H2,1H3,(H2,20,21)(H,22,24);1H. The molecule has 1 amide bonds. The molecule has 0 saturated heterocycles. The number of sulfonamides is 1. The molecular formula is C19H25ClN4O3S. The fourth-order valence-corrected chi connectivity index (χ4v) is 4.75. The van der Waals surface area contributed by atoms with Gasteiger partial charge in [0, 0.05) is 18.7 Å². The molecule has 1 aromatic carbocycles. The highest BCUT2D eigenvalue weighted by molar-refractivity contribution is 7.89. The summed E-state index contributed by atoms with van der Waals surface area (Å²) in [4.78, 5) is 16.5. The number of nitrogens with zero attached hydrogens (tertiary/aromatic N) is 2. The zero-order chi connectivity index (χ0) is 19.4. The van der Waals surface area contributed by atoms with Crippen molar-refractivity contribution in [3.05, 3.63) is 48.2 Å². The third kappa shape index (κ3) is 5.01. The first-order valence-corrected chi connectivity index (χ1v) is 10.4. The Morgan fingerprint density at radius 3 is 2.54 bits per heavy atom. The molecule has 3 N–H and O–H groups in total. The van der Waals surface area contributed by atoms with Gasteiger partial charge in [0.2, 0.25) is 10.0 Å². The summed E-state index contributed by atoms with van der Waals surface area (Å²) >= 11 is 0. The lowest BCUT2D eigenvalue weighted by Crippen LogP contribution is -2.38. The second-order valence-electron chi connectivity index (χ2n) is 6.77. The SMILES string of the molecule is CN(C1CCCCC1)S(=O)(=O)c1cccc(C(=O)Nc2ccc(N)nc2)c1.Cl. The van der Waals surface area contributed by atoms with E-state index in [1.165, 1.54) is 22.6 Å². The van der Waals surface area contributed by atoms with Crippen molar-refractivity contribution < 1.29 is 13.2 Å². The quantitative estimate of drug-likeness (QED) is 0.766. The van der Waals surface area contributed by atoms with Crippen LogP contribution in [-0.2, 0) is 10.0 Å². The first-order chi connectivity index (χ1) is 12.9. The maximum atomic E-state index is 13.0. The van der Waals surface area contributed by atoms with Gasteiger partial charge < -0.3 is 11.1 Å². The summed E-state index contributed by atoms with van der Waals surface area (Å²) < 4.78 is 27.4. The minimum atomic E-state index is -3.65. The van der Waals surface area contributed by atoms with Gasteiger partial charge in [-0.15, -0.1) is 12.4 Å². The van der Waals surface area contributed by atoms with Gasteiger partial charge in [-0.25, -0.2) is 13.4 Å². The van der Waals surface area contributed by atoms with Gasteiger partial charge in [0.05, 0.1) is 16.8 Å². The number of pyridine rings is 1. The highest BCUT2D eigenvalue weighted by Crippen LogP contribution is 2.26. The molecular weight excluding hydrogens is 400 g/mol. The van der Waals surface area contributed by atoms with Gasteiger partial charge in [-0.2, -0.15) is 4.31 Å². The van der Waals surface area contributed by atoms with Gasteiger partial charge in [-0.1, -0.05) is 25.3 Å². The minimum Gasteiger partial charge on any atom is -0.384 e. The predicted octanol–water partition coefficient (Wildman–Crippen LogP) is 3.29. The van der Waals surface area contributed by atoms with Crippen LogP contribution in [0.25, 0.3) is 0 Å². The zero-order valence-electron chi connectivity index (χ0n) is 15.7. The molecule has 0 unspecified atom stereocenters. The topological polar surface area (TPSA) is 105 Å². The lowest BCUT2D eigenvalue weighted by molar-refractivity contribution is 0.102. The lowest BCUT2D eigenvalue weighted by Gasteiger charge is -2.30. The van der Waals surface area contributed by atoms with Crippen LogP contribution < -0.4 is 11.1 Å². The number of hydrogen-bond donors (Lipinski definition) is 2. The Balaban J connectivity index is 0.00000280. The number of amides is 1.